The number of hydrogen-bond donors (Lipinski definition) is 2. The lowest BCUT2D eigenvalue weighted by molar-refractivity contribution is -0.384. The van der Waals surface area contributed by atoms with E-state index in [1.54, 1.807) is 0 Å². The van der Waals surface area contributed by atoms with Crippen LogP contribution < -0.4 is 10.0 Å². The SMILES string of the molecule is O=C(NCCCNS(=O)c1ncccc1C(F)(F)F)c1cc([N+](=O)[O-])ccc1Cl. The third-order valence-electron chi connectivity index (χ3n) is 3.53. The molecule has 0 saturated carbocycles. The summed E-state index contributed by atoms with van der Waals surface area (Å²) in [6.07, 6.45) is -3.36. The number of carbonyl (C=O) groups excluding carboxylic acids is 1. The number of benzene rings is 1. The maximum absolute atomic E-state index is 12.9. The van der Waals surface area contributed by atoms with Gasteiger partial charge in [-0.05, 0) is 24.6 Å². The van der Waals surface area contributed by atoms with Gasteiger partial charge in [0.1, 0.15) is 11.0 Å². The van der Waals surface area contributed by atoms with Gasteiger partial charge in [0.15, 0.2) is 5.03 Å². The number of aromatic nitrogens is 1. The number of pyridine rings is 1. The average molecular weight is 451 g/mol. The van der Waals surface area contributed by atoms with Crippen LogP contribution >= 0.6 is 11.6 Å². The van der Waals surface area contributed by atoms with Crippen molar-refractivity contribution in [2.45, 2.75) is 17.6 Å². The summed E-state index contributed by atoms with van der Waals surface area (Å²) >= 11 is 5.86. The number of rotatable bonds is 8. The lowest BCUT2D eigenvalue weighted by Crippen LogP contribution is -2.29. The molecule has 0 aliphatic heterocycles. The molecule has 0 radical (unpaired) electrons. The number of nitrogens with zero attached hydrogens (tertiary/aromatic N) is 2. The van der Waals surface area contributed by atoms with Crippen LogP contribution in [0.1, 0.15) is 22.3 Å². The normalized spacial score (nSPS) is 12.4. The van der Waals surface area contributed by atoms with Gasteiger partial charge in [0, 0.05) is 31.4 Å². The largest absolute Gasteiger partial charge is 0.419 e. The van der Waals surface area contributed by atoms with Crippen LogP contribution in [0.4, 0.5) is 18.9 Å². The topological polar surface area (TPSA) is 114 Å². The molecule has 0 bridgehead atoms. The molecule has 13 heteroatoms. The summed E-state index contributed by atoms with van der Waals surface area (Å²) < 4.78 is 53.2. The second-order valence-electron chi connectivity index (χ2n) is 5.55. The van der Waals surface area contributed by atoms with Crippen LogP contribution in [0, 0.1) is 10.1 Å². The minimum atomic E-state index is -4.69. The quantitative estimate of drug-likeness (QED) is 0.364. The zero-order chi connectivity index (χ0) is 21.6. The van der Waals surface area contributed by atoms with Gasteiger partial charge in [-0.2, -0.15) is 13.2 Å². The van der Waals surface area contributed by atoms with Crippen LogP contribution in [0.2, 0.25) is 5.02 Å². The Labute approximate surface area is 170 Å². The first-order valence-corrected chi connectivity index (χ1v) is 9.53. The third kappa shape index (κ3) is 6.21. The summed E-state index contributed by atoms with van der Waals surface area (Å²) in [6.45, 7) is 0.0832. The van der Waals surface area contributed by atoms with E-state index in [0.717, 1.165) is 30.5 Å². The molecule has 1 atom stereocenters. The second kappa shape index (κ2) is 9.76. The predicted octanol–water partition coefficient (Wildman–Crippen LogP) is 3.09. The molecule has 2 aromatic rings. The van der Waals surface area contributed by atoms with E-state index in [0.29, 0.717) is 0 Å². The highest BCUT2D eigenvalue weighted by atomic mass is 35.5. The smallest absolute Gasteiger partial charge is 0.352 e. The Morgan fingerprint density at radius 1 is 1.28 bits per heavy atom. The summed E-state index contributed by atoms with van der Waals surface area (Å²) in [5.41, 5.74) is -1.48. The first kappa shape index (κ1) is 22.7. The van der Waals surface area contributed by atoms with Crippen molar-refractivity contribution in [2.24, 2.45) is 0 Å². The Bertz CT molecular complexity index is 943. The maximum Gasteiger partial charge on any atom is 0.419 e. The van der Waals surface area contributed by atoms with E-state index in [-0.39, 0.29) is 35.8 Å². The number of nitrogens with one attached hydrogen (secondary N) is 2. The zero-order valence-electron chi connectivity index (χ0n) is 14.5. The molecule has 1 unspecified atom stereocenters. The maximum atomic E-state index is 12.9. The fourth-order valence-electron chi connectivity index (χ4n) is 2.17. The van der Waals surface area contributed by atoms with Gasteiger partial charge in [0.25, 0.3) is 11.6 Å². The lowest BCUT2D eigenvalue weighted by Gasteiger charge is -2.11. The number of halogens is 4. The Kier molecular flexibility index (Phi) is 7.65. The standard InChI is InChI=1S/C16H14ClF3N4O4S/c17-13-5-4-10(24(26)27)9-11(13)14(25)21-7-2-8-23-29(28)15-12(16(18,19)20)3-1-6-22-15/h1,3-6,9,23H,2,7-8H2,(H,21,25). The second-order valence-corrected chi connectivity index (χ2v) is 7.17. The van der Waals surface area contributed by atoms with Crippen molar-refractivity contribution in [2.75, 3.05) is 13.1 Å². The number of nitro groups is 1. The monoisotopic (exact) mass is 450 g/mol. The van der Waals surface area contributed by atoms with Crippen LogP contribution in [-0.4, -0.2) is 33.1 Å². The van der Waals surface area contributed by atoms with Crippen LogP contribution in [0.3, 0.4) is 0 Å². The molecule has 2 N–H and O–H groups in total. The van der Waals surface area contributed by atoms with E-state index in [1.807, 2.05) is 0 Å². The van der Waals surface area contributed by atoms with E-state index in [2.05, 4.69) is 15.0 Å². The molecule has 2 rings (SSSR count). The first-order valence-electron chi connectivity index (χ1n) is 8.01. The summed E-state index contributed by atoms with van der Waals surface area (Å²) in [6, 6.07) is 5.29. The van der Waals surface area contributed by atoms with Crippen molar-refractivity contribution >= 4 is 34.2 Å². The van der Waals surface area contributed by atoms with Crippen LogP contribution in [0.25, 0.3) is 0 Å². The van der Waals surface area contributed by atoms with Gasteiger partial charge in [0.05, 0.1) is 21.1 Å². The predicted molar refractivity (Wildman–Crippen MR) is 98.7 cm³/mol. The highest BCUT2D eigenvalue weighted by molar-refractivity contribution is 7.83. The number of amides is 1. The van der Waals surface area contributed by atoms with Crippen molar-refractivity contribution in [3.63, 3.8) is 0 Å². The van der Waals surface area contributed by atoms with Crippen molar-refractivity contribution in [3.8, 4) is 0 Å². The highest BCUT2D eigenvalue weighted by Gasteiger charge is 2.35. The van der Waals surface area contributed by atoms with Gasteiger partial charge in [-0.1, -0.05) is 11.6 Å². The molecule has 0 aliphatic rings. The van der Waals surface area contributed by atoms with E-state index in [1.165, 1.54) is 6.07 Å². The van der Waals surface area contributed by atoms with Crippen LogP contribution in [0.15, 0.2) is 41.6 Å². The molecular weight excluding hydrogens is 437 g/mol. The van der Waals surface area contributed by atoms with Crippen LogP contribution in [0.5, 0.6) is 0 Å². The van der Waals surface area contributed by atoms with Crippen LogP contribution in [-0.2, 0) is 17.2 Å². The Morgan fingerprint density at radius 3 is 2.66 bits per heavy atom. The Hall–Kier alpha value is -2.57. The molecular formula is C16H14ClF3N4O4S. The van der Waals surface area contributed by atoms with Crippen molar-refractivity contribution < 1.29 is 27.1 Å². The van der Waals surface area contributed by atoms with Gasteiger partial charge >= 0.3 is 6.18 Å². The van der Waals surface area contributed by atoms with Gasteiger partial charge in [-0.25, -0.2) is 13.9 Å². The number of non-ortho nitro benzene ring substituents is 1. The molecule has 0 aliphatic carbocycles. The van der Waals surface area contributed by atoms with Gasteiger partial charge < -0.3 is 5.32 Å². The van der Waals surface area contributed by atoms with E-state index >= 15 is 0 Å². The minimum absolute atomic E-state index is 0.0173. The number of alkyl halides is 3. The number of hydrogen-bond acceptors (Lipinski definition) is 5. The van der Waals surface area contributed by atoms with Crippen molar-refractivity contribution in [1.29, 1.82) is 0 Å². The van der Waals surface area contributed by atoms with E-state index in [4.69, 9.17) is 11.6 Å². The molecule has 0 spiro atoms. The molecule has 8 nitrogen and oxygen atoms in total. The summed E-state index contributed by atoms with van der Waals surface area (Å²) in [4.78, 5) is 25.7. The lowest BCUT2D eigenvalue weighted by atomic mass is 10.2. The molecule has 1 amide bonds. The van der Waals surface area contributed by atoms with Gasteiger partial charge in [-0.15, -0.1) is 0 Å². The molecule has 29 heavy (non-hydrogen) atoms. The average Bonchev–Trinajstić information content (AvgIpc) is 2.66. The minimum Gasteiger partial charge on any atom is -0.352 e. The molecule has 156 valence electrons. The fraction of sp³-hybridized carbons (Fsp3) is 0.250. The number of nitro benzene ring substituents is 1. The first-order chi connectivity index (χ1) is 13.6. The Morgan fingerprint density at radius 2 is 2.00 bits per heavy atom. The molecule has 0 saturated heterocycles. The van der Waals surface area contributed by atoms with Gasteiger partial charge in [-0.3, -0.25) is 14.9 Å². The molecule has 1 aromatic heterocycles. The van der Waals surface area contributed by atoms with Gasteiger partial charge in [0.2, 0.25) is 0 Å². The number of carbonyl (C=O) groups is 1. The molecule has 0 fully saturated rings. The van der Waals surface area contributed by atoms with E-state index < -0.39 is 38.6 Å². The molecule has 1 heterocycles. The highest BCUT2D eigenvalue weighted by Crippen LogP contribution is 2.31. The fourth-order valence-corrected chi connectivity index (χ4v) is 3.38. The van der Waals surface area contributed by atoms with E-state index in [9.17, 15) is 32.3 Å². The summed E-state index contributed by atoms with van der Waals surface area (Å²) in [5, 5.41) is 12.6. The van der Waals surface area contributed by atoms with Crippen molar-refractivity contribution in [1.82, 2.24) is 15.0 Å². The Balaban J connectivity index is 1.86. The third-order valence-corrected chi connectivity index (χ3v) is 5.00. The summed E-state index contributed by atoms with van der Waals surface area (Å²) in [5.74, 6) is -0.649. The zero-order valence-corrected chi connectivity index (χ0v) is 16.1. The molecule has 1 aromatic carbocycles. The van der Waals surface area contributed by atoms with Crippen molar-refractivity contribution in [3.05, 3.63) is 62.8 Å². The summed E-state index contributed by atoms with van der Waals surface area (Å²) in [7, 11) is -2.19.